The van der Waals surface area contributed by atoms with E-state index in [9.17, 15) is 8.42 Å². The zero-order chi connectivity index (χ0) is 18.7. The van der Waals surface area contributed by atoms with Crippen molar-refractivity contribution in [1.82, 2.24) is 0 Å². The van der Waals surface area contributed by atoms with Gasteiger partial charge in [-0.15, -0.1) is 0 Å². The van der Waals surface area contributed by atoms with Crippen molar-refractivity contribution in [2.24, 2.45) is 0 Å². The zero-order valence-corrected chi connectivity index (χ0v) is 16.1. The van der Waals surface area contributed by atoms with E-state index in [4.69, 9.17) is 27.9 Å². The number of halogens is 2. The first-order valence-electron chi connectivity index (χ1n) is 7.62. The Hall–Kier alpha value is -2.21. The van der Waals surface area contributed by atoms with Crippen molar-refractivity contribution in [3.8, 4) is 16.9 Å². The molecule has 0 unspecified atom stereocenters. The average Bonchev–Trinajstić information content (AvgIpc) is 2.63. The molecule has 0 radical (unpaired) electrons. The van der Waals surface area contributed by atoms with E-state index >= 15 is 0 Å². The van der Waals surface area contributed by atoms with E-state index in [1.165, 1.54) is 13.2 Å². The van der Waals surface area contributed by atoms with Gasteiger partial charge in [0.05, 0.1) is 7.11 Å². The Morgan fingerprint density at radius 1 is 0.923 bits per heavy atom. The largest absolute Gasteiger partial charge is 0.495 e. The molecule has 0 bridgehead atoms. The molecule has 4 nitrogen and oxygen atoms in total. The number of hydrogen-bond donors (Lipinski definition) is 1. The summed E-state index contributed by atoms with van der Waals surface area (Å²) in [6, 6.07) is 18.5. The van der Waals surface area contributed by atoms with Crippen LogP contribution in [0, 0.1) is 0 Å². The van der Waals surface area contributed by atoms with Crippen LogP contribution < -0.4 is 9.46 Å². The van der Waals surface area contributed by atoms with E-state index in [1.807, 2.05) is 0 Å². The lowest BCUT2D eigenvalue weighted by Gasteiger charge is -2.14. The Morgan fingerprint density at radius 3 is 2.35 bits per heavy atom. The maximum absolute atomic E-state index is 12.9. The molecule has 1 N–H and O–H groups in total. The molecule has 0 amide bonds. The van der Waals surface area contributed by atoms with Gasteiger partial charge in [-0.3, -0.25) is 4.72 Å². The van der Waals surface area contributed by atoms with Gasteiger partial charge in [-0.1, -0.05) is 47.5 Å². The lowest BCUT2D eigenvalue weighted by Crippen LogP contribution is -2.14. The molecular formula is C19H15Cl2NO3S. The summed E-state index contributed by atoms with van der Waals surface area (Å²) >= 11 is 12.3. The number of anilines is 1. The highest BCUT2D eigenvalue weighted by molar-refractivity contribution is 7.92. The highest BCUT2D eigenvalue weighted by Gasteiger charge is 2.21. The molecule has 0 saturated carbocycles. The number of methoxy groups -OCH3 is 1. The molecule has 0 heterocycles. The van der Waals surface area contributed by atoms with Crippen molar-refractivity contribution in [2.45, 2.75) is 4.90 Å². The molecule has 0 aliphatic carbocycles. The van der Waals surface area contributed by atoms with E-state index < -0.39 is 10.0 Å². The van der Waals surface area contributed by atoms with Gasteiger partial charge in [0.2, 0.25) is 0 Å². The molecule has 7 heteroatoms. The molecule has 0 spiro atoms. The van der Waals surface area contributed by atoms with Gasteiger partial charge in [-0.25, -0.2) is 8.42 Å². The molecule has 134 valence electrons. The molecule has 0 atom stereocenters. The van der Waals surface area contributed by atoms with Crippen LogP contribution in [0.15, 0.2) is 71.6 Å². The highest BCUT2D eigenvalue weighted by Crippen LogP contribution is 2.35. The summed E-state index contributed by atoms with van der Waals surface area (Å²) in [4.78, 5) is 0.0115. The van der Waals surface area contributed by atoms with Crippen molar-refractivity contribution in [3.05, 3.63) is 76.8 Å². The number of sulfonamides is 1. The van der Waals surface area contributed by atoms with Crippen molar-refractivity contribution >= 4 is 38.9 Å². The predicted octanol–water partition coefficient (Wildman–Crippen LogP) is 5.47. The molecule has 0 aliphatic rings. The van der Waals surface area contributed by atoms with E-state index in [0.717, 1.165) is 0 Å². The topological polar surface area (TPSA) is 55.4 Å². The first-order valence-corrected chi connectivity index (χ1v) is 9.86. The van der Waals surface area contributed by atoms with Gasteiger partial charge in [0.1, 0.15) is 10.6 Å². The SMILES string of the molecule is COc1ccc(-c2cc(Cl)ccc2Cl)cc1S(=O)(=O)Nc1ccccc1. The minimum atomic E-state index is -3.86. The molecule has 3 aromatic carbocycles. The molecule has 0 saturated heterocycles. The molecule has 0 aliphatic heterocycles. The minimum Gasteiger partial charge on any atom is -0.495 e. The van der Waals surface area contributed by atoms with Crippen LogP contribution in [0.5, 0.6) is 5.75 Å². The van der Waals surface area contributed by atoms with Crippen molar-refractivity contribution in [3.63, 3.8) is 0 Å². The lowest BCUT2D eigenvalue weighted by molar-refractivity contribution is 0.403. The number of benzene rings is 3. The standard InChI is InChI=1S/C19H15Cl2NO3S/c1-25-18-10-7-13(16-12-14(20)8-9-17(16)21)11-19(18)26(23,24)22-15-5-3-2-4-6-15/h2-12,22H,1H3. The second-order valence-corrected chi connectivity index (χ2v) is 7.96. The summed E-state index contributed by atoms with van der Waals surface area (Å²) in [7, 11) is -2.44. The van der Waals surface area contributed by atoms with E-state index in [-0.39, 0.29) is 10.6 Å². The van der Waals surface area contributed by atoms with Gasteiger partial charge >= 0.3 is 0 Å². The van der Waals surface area contributed by atoms with Crippen LogP contribution in [-0.2, 0) is 10.0 Å². The fraction of sp³-hybridized carbons (Fsp3) is 0.0526. The van der Waals surface area contributed by atoms with Gasteiger partial charge in [-0.2, -0.15) is 0 Å². The number of rotatable bonds is 5. The van der Waals surface area contributed by atoms with E-state index in [0.29, 0.717) is 26.9 Å². The number of ether oxygens (including phenoxy) is 1. The van der Waals surface area contributed by atoms with Crippen LogP contribution in [0.3, 0.4) is 0 Å². The Balaban J connectivity index is 2.10. The number of nitrogens with one attached hydrogen (secondary N) is 1. The van der Waals surface area contributed by atoms with Gasteiger partial charge in [-0.05, 0) is 48.0 Å². The summed E-state index contributed by atoms with van der Waals surface area (Å²) < 4.78 is 33.5. The molecule has 26 heavy (non-hydrogen) atoms. The smallest absolute Gasteiger partial charge is 0.265 e. The van der Waals surface area contributed by atoms with E-state index in [1.54, 1.807) is 60.7 Å². The second kappa shape index (κ2) is 7.58. The van der Waals surface area contributed by atoms with Crippen LogP contribution >= 0.6 is 23.2 Å². The van der Waals surface area contributed by atoms with Crippen LogP contribution in [0.1, 0.15) is 0 Å². The number of para-hydroxylation sites is 1. The van der Waals surface area contributed by atoms with Gasteiger partial charge in [0.25, 0.3) is 10.0 Å². The fourth-order valence-corrected chi connectivity index (χ4v) is 4.14. The first kappa shape index (κ1) is 18.6. The van der Waals surface area contributed by atoms with Crippen molar-refractivity contribution in [1.29, 1.82) is 0 Å². The number of hydrogen-bond acceptors (Lipinski definition) is 3. The summed E-state index contributed by atoms with van der Waals surface area (Å²) in [6.45, 7) is 0. The fourth-order valence-electron chi connectivity index (χ4n) is 2.49. The molecule has 3 rings (SSSR count). The van der Waals surface area contributed by atoms with Crippen molar-refractivity contribution < 1.29 is 13.2 Å². The Kier molecular flexibility index (Phi) is 5.41. The summed E-state index contributed by atoms with van der Waals surface area (Å²) in [5, 5.41) is 0.978. The van der Waals surface area contributed by atoms with Crippen LogP contribution in [-0.4, -0.2) is 15.5 Å². The Morgan fingerprint density at radius 2 is 1.65 bits per heavy atom. The Labute approximate surface area is 162 Å². The normalized spacial score (nSPS) is 11.2. The first-order chi connectivity index (χ1) is 12.4. The third-order valence-corrected chi connectivity index (χ3v) is 5.69. The Bertz CT molecular complexity index is 1040. The van der Waals surface area contributed by atoms with Gasteiger partial charge in [0, 0.05) is 21.3 Å². The van der Waals surface area contributed by atoms with Crippen LogP contribution in [0.4, 0.5) is 5.69 Å². The summed E-state index contributed by atoms with van der Waals surface area (Å²) in [5.41, 5.74) is 1.71. The highest BCUT2D eigenvalue weighted by atomic mass is 35.5. The quantitative estimate of drug-likeness (QED) is 0.609. The van der Waals surface area contributed by atoms with E-state index in [2.05, 4.69) is 4.72 Å². The van der Waals surface area contributed by atoms with Gasteiger partial charge < -0.3 is 4.74 Å². The average molecular weight is 408 g/mol. The molecule has 0 fully saturated rings. The maximum Gasteiger partial charge on any atom is 0.265 e. The third kappa shape index (κ3) is 3.96. The monoisotopic (exact) mass is 407 g/mol. The second-order valence-electron chi connectivity index (χ2n) is 5.46. The molecular weight excluding hydrogens is 393 g/mol. The zero-order valence-electron chi connectivity index (χ0n) is 13.7. The molecule has 0 aromatic heterocycles. The summed E-state index contributed by atoms with van der Waals surface area (Å²) in [6.07, 6.45) is 0. The van der Waals surface area contributed by atoms with Crippen LogP contribution in [0.25, 0.3) is 11.1 Å². The maximum atomic E-state index is 12.9. The predicted molar refractivity (Wildman–Crippen MR) is 106 cm³/mol. The van der Waals surface area contributed by atoms with Crippen molar-refractivity contribution in [2.75, 3.05) is 11.8 Å². The van der Waals surface area contributed by atoms with Crippen LogP contribution in [0.2, 0.25) is 10.0 Å². The molecule has 3 aromatic rings. The summed E-state index contributed by atoms with van der Waals surface area (Å²) in [5.74, 6) is 0.232. The minimum absolute atomic E-state index is 0.0115. The van der Waals surface area contributed by atoms with Gasteiger partial charge in [0.15, 0.2) is 0 Å². The lowest BCUT2D eigenvalue weighted by atomic mass is 10.1. The third-order valence-electron chi connectivity index (χ3n) is 3.72.